The van der Waals surface area contributed by atoms with Crippen molar-refractivity contribution in [2.75, 3.05) is 46.9 Å². The first-order chi connectivity index (χ1) is 10.2. The van der Waals surface area contributed by atoms with Gasteiger partial charge in [-0.3, -0.25) is 4.79 Å². The van der Waals surface area contributed by atoms with Crippen LogP contribution in [0, 0.1) is 0 Å². The van der Waals surface area contributed by atoms with Crippen molar-refractivity contribution in [3.63, 3.8) is 0 Å². The number of ether oxygens (including phenoxy) is 1. The third-order valence-electron chi connectivity index (χ3n) is 3.60. The maximum atomic E-state index is 12.3. The molecule has 116 valence electrons. The minimum atomic E-state index is 0.00459. The van der Waals surface area contributed by atoms with E-state index in [-0.39, 0.29) is 5.91 Å². The van der Waals surface area contributed by atoms with Gasteiger partial charge in [-0.15, -0.1) is 0 Å². The molecule has 21 heavy (non-hydrogen) atoms. The zero-order chi connectivity index (χ0) is 15.1. The van der Waals surface area contributed by atoms with Gasteiger partial charge in [-0.05, 0) is 44.3 Å². The average Bonchev–Trinajstić information content (AvgIpc) is 2.49. The van der Waals surface area contributed by atoms with Gasteiger partial charge in [0.2, 0.25) is 0 Å². The molecule has 0 aromatic heterocycles. The zero-order valence-corrected chi connectivity index (χ0v) is 12.9. The molecular weight excluding hydrogens is 266 g/mol. The van der Waals surface area contributed by atoms with Crippen LogP contribution in [0.4, 0.5) is 0 Å². The van der Waals surface area contributed by atoms with Crippen molar-refractivity contribution in [3.05, 3.63) is 34.9 Å². The number of carbonyl (C=O) groups excluding carboxylic acids is 1. The van der Waals surface area contributed by atoms with Crippen molar-refractivity contribution in [1.82, 2.24) is 15.5 Å². The summed E-state index contributed by atoms with van der Waals surface area (Å²) in [5.41, 5.74) is 3.22. The van der Waals surface area contributed by atoms with Gasteiger partial charge in [0.15, 0.2) is 0 Å². The van der Waals surface area contributed by atoms with E-state index >= 15 is 0 Å². The van der Waals surface area contributed by atoms with Gasteiger partial charge in [0.05, 0.1) is 13.2 Å². The Morgan fingerprint density at radius 1 is 1.38 bits per heavy atom. The summed E-state index contributed by atoms with van der Waals surface area (Å²) in [6.45, 7) is 4.47. The number of fused-ring (bicyclic) bond motifs is 1. The van der Waals surface area contributed by atoms with Crippen molar-refractivity contribution in [2.24, 2.45) is 0 Å². The molecule has 0 atom stereocenters. The van der Waals surface area contributed by atoms with E-state index in [1.807, 2.05) is 26.2 Å². The summed E-state index contributed by atoms with van der Waals surface area (Å²) in [4.78, 5) is 14.3. The Hall–Kier alpha value is -1.43. The SMILES string of the molecule is CN(C)CCOCCNC(=O)c1cccc2c1CCNC2. The molecule has 1 aliphatic heterocycles. The predicted molar refractivity (Wildman–Crippen MR) is 83.6 cm³/mol. The third-order valence-corrected chi connectivity index (χ3v) is 3.60. The van der Waals surface area contributed by atoms with Crippen LogP contribution in [0.1, 0.15) is 21.5 Å². The van der Waals surface area contributed by atoms with Gasteiger partial charge in [0, 0.05) is 25.2 Å². The van der Waals surface area contributed by atoms with Crippen LogP contribution < -0.4 is 10.6 Å². The molecule has 1 aromatic rings. The molecule has 0 spiro atoms. The Morgan fingerprint density at radius 2 is 2.24 bits per heavy atom. The smallest absolute Gasteiger partial charge is 0.251 e. The van der Waals surface area contributed by atoms with E-state index in [0.717, 1.165) is 31.6 Å². The molecule has 1 aliphatic rings. The number of nitrogens with one attached hydrogen (secondary N) is 2. The lowest BCUT2D eigenvalue weighted by atomic mass is 9.95. The number of likely N-dealkylation sites (N-methyl/N-ethyl adjacent to an activating group) is 1. The first-order valence-corrected chi connectivity index (χ1v) is 7.50. The normalized spacial score (nSPS) is 14.0. The summed E-state index contributed by atoms with van der Waals surface area (Å²) in [5, 5.41) is 6.27. The van der Waals surface area contributed by atoms with Crippen LogP contribution in [-0.2, 0) is 17.7 Å². The van der Waals surface area contributed by atoms with Crippen LogP contribution in [0.2, 0.25) is 0 Å². The summed E-state index contributed by atoms with van der Waals surface area (Å²) in [6.07, 6.45) is 0.915. The van der Waals surface area contributed by atoms with Crippen molar-refractivity contribution < 1.29 is 9.53 Å². The fraction of sp³-hybridized carbons (Fsp3) is 0.562. The molecule has 0 aliphatic carbocycles. The number of rotatable bonds is 7. The first kappa shape index (κ1) is 15.9. The average molecular weight is 291 g/mol. The summed E-state index contributed by atoms with van der Waals surface area (Å²) in [7, 11) is 4.02. The Bertz CT molecular complexity index is 475. The van der Waals surface area contributed by atoms with Crippen molar-refractivity contribution in [3.8, 4) is 0 Å². The molecule has 5 heteroatoms. The lowest BCUT2D eigenvalue weighted by Crippen LogP contribution is -2.31. The second kappa shape index (κ2) is 8.12. The number of carbonyl (C=O) groups is 1. The van der Waals surface area contributed by atoms with Crippen LogP contribution in [0.5, 0.6) is 0 Å². The highest BCUT2D eigenvalue weighted by molar-refractivity contribution is 5.96. The van der Waals surface area contributed by atoms with E-state index in [9.17, 15) is 4.79 Å². The van der Waals surface area contributed by atoms with Gasteiger partial charge in [-0.1, -0.05) is 12.1 Å². The second-order valence-electron chi connectivity index (χ2n) is 5.54. The maximum absolute atomic E-state index is 12.3. The fourth-order valence-corrected chi connectivity index (χ4v) is 2.43. The summed E-state index contributed by atoms with van der Waals surface area (Å²) < 4.78 is 5.48. The zero-order valence-electron chi connectivity index (χ0n) is 12.9. The topological polar surface area (TPSA) is 53.6 Å². The second-order valence-corrected chi connectivity index (χ2v) is 5.54. The minimum Gasteiger partial charge on any atom is -0.378 e. The number of amides is 1. The molecule has 0 fully saturated rings. The minimum absolute atomic E-state index is 0.00459. The molecule has 2 rings (SSSR count). The maximum Gasteiger partial charge on any atom is 0.251 e. The number of benzene rings is 1. The standard InChI is InChI=1S/C16H25N3O2/c1-19(2)9-11-21-10-8-18-16(20)15-5-3-4-13-12-17-7-6-14(13)15/h3-5,17H,6-12H2,1-2H3,(H,18,20). The first-order valence-electron chi connectivity index (χ1n) is 7.50. The van der Waals surface area contributed by atoms with Gasteiger partial charge < -0.3 is 20.3 Å². The van der Waals surface area contributed by atoms with Crippen LogP contribution in [0.3, 0.4) is 0 Å². The molecule has 1 heterocycles. The van der Waals surface area contributed by atoms with Crippen LogP contribution in [0.25, 0.3) is 0 Å². The van der Waals surface area contributed by atoms with Crippen molar-refractivity contribution >= 4 is 5.91 Å². The molecule has 0 bridgehead atoms. The van der Waals surface area contributed by atoms with E-state index in [1.165, 1.54) is 11.1 Å². The van der Waals surface area contributed by atoms with E-state index in [0.29, 0.717) is 19.8 Å². The van der Waals surface area contributed by atoms with Crippen LogP contribution in [-0.4, -0.2) is 57.8 Å². The molecule has 0 unspecified atom stereocenters. The Kier molecular flexibility index (Phi) is 6.17. The fourth-order valence-electron chi connectivity index (χ4n) is 2.43. The van der Waals surface area contributed by atoms with Crippen molar-refractivity contribution in [1.29, 1.82) is 0 Å². The highest BCUT2D eigenvalue weighted by Gasteiger charge is 2.16. The lowest BCUT2D eigenvalue weighted by Gasteiger charge is -2.20. The molecule has 5 nitrogen and oxygen atoms in total. The molecule has 0 radical (unpaired) electrons. The highest BCUT2D eigenvalue weighted by atomic mass is 16.5. The van der Waals surface area contributed by atoms with Crippen molar-refractivity contribution in [2.45, 2.75) is 13.0 Å². The van der Waals surface area contributed by atoms with E-state index < -0.39 is 0 Å². The van der Waals surface area contributed by atoms with Gasteiger partial charge in [-0.25, -0.2) is 0 Å². The summed E-state index contributed by atoms with van der Waals surface area (Å²) in [5.74, 6) is 0.00459. The Labute approximate surface area is 126 Å². The van der Waals surface area contributed by atoms with E-state index in [2.05, 4.69) is 21.6 Å². The summed E-state index contributed by atoms with van der Waals surface area (Å²) >= 11 is 0. The van der Waals surface area contributed by atoms with E-state index in [1.54, 1.807) is 0 Å². The van der Waals surface area contributed by atoms with Crippen LogP contribution >= 0.6 is 0 Å². The van der Waals surface area contributed by atoms with Gasteiger partial charge in [0.1, 0.15) is 0 Å². The highest BCUT2D eigenvalue weighted by Crippen LogP contribution is 2.18. The third kappa shape index (κ3) is 4.81. The molecule has 1 aromatic carbocycles. The van der Waals surface area contributed by atoms with E-state index in [4.69, 9.17) is 4.74 Å². The molecule has 0 saturated carbocycles. The largest absolute Gasteiger partial charge is 0.378 e. The summed E-state index contributed by atoms with van der Waals surface area (Å²) in [6, 6.07) is 5.95. The van der Waals surface area contributed by atoms with Crippen LogP contribution in [0.15, 0.2) is 18.2 Å². The van der Waals surface area contributed by atoms with Gasteiger partial charge in [-0.2, -0.15) is 0 Å². The molecule has 0 saturated heterocycles. The lowest BCUT2D eigenvalue weighted by molar-refractivity contribution is 0.0899. The Balaban J connectivity index is 1.79. The number of nitrogens with zero attached hydrogens (tertiary/aromatic N) is 1. The molecule has 1 amide bonds. The molecule has 2 N–H and O–H groups in total. The predicted octanol–water partition coefficient (Wildman–Crippen LogP) is 0.640. The quantitative estimate of drug-likeness (QED) is 0.724. The number of hydrogen-bond donors (Lipinski definition) is 2. The van der Waals surface area contributed by atoms with Gasteiger partial charge in [0.25, 0.3) is 5.91 Å². The molecular formula is C16H25N3O2. The Morgan fingerprint density at radius 3 is 3.05 bits per heavy atom. The number of hydrogen-bond acceptors (Lipinski definition) is 4. The van der Waals surface area contributed by atoms with Gasteiger partial charge >= 0.3 is 0 Å². The monoisotopic (exact) mass is 291 g/mol.